The molecule has 5 nitrogen and oxygen atoms in total. The van der Waals surface area contributed by atoms with Crippen molar-refractivity contribution in [3.05, 3.63) is 54.4 Å². The Balaban J connectivity index is 1.85. The van der Waals surface area contributed by atoms with E-state index in [1.54, 1.807) is 17.3 Å². The van der Waals surface area contributed by atoms with Gasteiger partial charge >= 0.3 is 0 Å². The van der Waals surface area contributed by atoms with Crippen molar-refractivity contribution in [2.45, 2.75) is 19.1 Å². The second kappa shape index (κ2) is 6.89. The number of amides is 1. The molecule has 1 aromatic carbocycles. The summed E-state index contributed by atoms with van der Waals surface area (Å²) in [4.78, 5) is 18.8. The lowest BCUT2D eigenvalue weighted by Crippen LogP contribution is -2.52. The molecule has 3 rings (SSSR count). The van der Waals surface area contributed by atoms with E-state index in [2.05, 4.69) is 4.98 Å². The van der Waals surface area contributed by atoms with Gasteiger partial charge in [-0.1, -0.05) is 30.3 Å². The lowest BCUT2D eigenvalue weighted by Gasteiger charge is -2.37. The monoisotopic (exact) mass is 312 g/mol. The molecular formula is C18H20N2O3. The molecule has 2 aromatic rings. The van der Waals surface area contributed by atoms with Crippen molar-refractivity contribution in [2.24, 2.45) is 0 Å². The fourth-order valence-corrected chi connectivity index (χ4v) is 2.72. The highest BCUT2D eigenvalue weighted by atomic mass is 16.5. The van der Waals surface area contributed by atoms with Gasteiger partial charge < -0.3 is 14.7 Å². The first-order chi connectivity index (χ1) is 11.2. The number of nitrogens with zero attached hydrogens (tertiary/aromatic N) is 2. The number of aliphatic hydroxyl groups is 1. The first-order valence-corrected chi connectivity index (χ1v) is 7.73. The second-order valence-electron chi connectivity index (χ2n) is 5.77. The number of ether oxygens (including phenoxy) is 1. The minimum atomic E-state index is -0.319. The number of benzene rings is 1. The summed E-state index contributed by atoms with van der Waals surface area (Å²) in [5, 5.41) is 9.26. The first kappa shape index (κ1) is 15.6. The topological polar surface area (TPSA) is 62.7 Å². The Kier molecular flexibility index (Phi) is 4.69. The van der Waals surface area contributed by atoms with E-state index >= 15 is 0 Å². The maximum absolute atomic E-state index is 12.8. The number of pyridine rings is 1. The van der Waals surface area contributed by atoms with Crippen LogP contribution in [0.25, 0.3) is 11.1 Å². The van der Waals surface area contributed by atoms with Crippen molar-refractivity contribution in [1.29, 1.82) is 0 Å². The van der Waals surface area contributed by atoms with Gasteiger partial charge in [-0.3, -0.25) is 9.78 Å². The lowest BCUT2D eigenvalue weighted by molar-refractivity contribution is -0.0667. The maximum atomic E-state index is 12.8. The predicted molar refractivity (Wildman–Crippen MR) is 87.0 cm³/mol. The van der Waals surface area contributed by atoms with E-state index < -0.39 is 0 Å². The van der Waals surface area contributed by atoms with E-state index in [9.17, 15) is 9.90 Å². The molecule has 2 atom stereocenters. The Labute approximate surface area is 135 Å². The predicted octanol–water partition coefficient (Wildman–Crippen LogP) is 1.97. The average molecular weight is 312 g/mol. The molecule has 1 aromatic heterocycles. The number of morpholine rings is 1. The van der Waals surface area contributed by atoms with Crippen LogP contribution in [0.4, 0.5) is 0 Å². The van der Waals surface area contributed by atoms with Gasteiger partial charge in [0.1, 0.15) is 0 Å². The summed E-state index contributed by atoms with van der Waals surface area (Å²) in [5.74, 6) is -0.0791. The van der Waals surface area contributed by atoms with Gasteiger partial charge in [-0.25, -0.2) is 0 Å². The number of hydrogen-bond donors (Lipinski definition) is 1. The Morgan fingerprint density at radius 3 is 2.83 bits per heavy atom. The summed E-state index contributed by atoms with van der Waals surface area (Å²) >= 11 is 0. The zero-order chi connectivity index (χ0) is 16.2. The third kappa shape index (κ3) is 3.41. The van der Waals surface area contributed by atoms with Crippen LogP contribution in [0, 0.1) is 0 Å². The largest absolute Gasteiger partial charge is 0.394 e. The van der Waals surface area contributed by atoms with Crippen LogP contribution in [-0.2, 0) is 4.74 Å². The van der Waals surface area contributed by atoms with E-state index in [-0.39, 0.29) is 24.7 Å². The minimum absolute atomic E-state index is 0.0225. The molecular weight excluding hydrogens is 292 g/mol. The standard InChI is InChI=1S/C18H20N2O3/c1-13-12-23-17(11-21)10-20(13)18(22)16-7-15(8-19-9-16)14-5-3-2-4-6-14/h2-9,13,17,21H,10-12H2,1H3/t13-,17-/m1/s1. The minimum Gasteiger partial charge on any atom is -0.394 e. The molecule has 0 radical (unpaired) electrons. The normalized spacial score (nSPS) is 21.2. The molecule has 5 heteroatoms. The third-order valence-electron chi connectivity index (χ3n) is 4.06. The Bertz CT molecular complexity index is 675. The number of aliphatic hydroxyl groups excluding tert-OH is 1. The lowest BCUT2D eigenvalue weighted by atomic mass is 10.0. The Morgan fingerprint density at radius 2 is 2.09 bits per heavy atom. The van der Waals surface area contributed by atoms with E-state index in [0.29, 0.717) is 18.7 Å². The van der Waals surface area contributed by atoms with Crippen molar-refractivity contribution in [3.63, 3.8) is 0 Å². The van der Waals surface area contributed by atoms with E-state index in [1.165, 1.54) is 0 Å². The van der Waals surface area contributed by atoms with E-state index in [0.717, 1.165) is 11.1 Å². The molecule has 0 unspecified atom stereocenters. The quantitative estimate of drug-likeness (QED) is 0.941. The van der Waals surface area contributed by atoms with Gasteiger partial charge in [-0.05, 0) is 18.6 Å². The first-order valence-electron chi connectivity index (χ1n) is 7.73. The molecule has 0 bridgehead atoms. The number of carbonyl (C=O) groups excluding carboxylic acids is 1. The smallest absolute Gasteiger partial charge is 0.255 e. The summed E-state index contributed by atoms with van der Waals surface area (Å²) in [5.41, 5.74) is 2.49. The van der Waals surface area contributed by atoms with Crippen molar-refractivity contribution in [1.82, 2.24) is 9.88 Å². The number of hydrogen-bond acceptors (Lipinski definition) is 4. The fraction of sp³-hybridized carbons (Fsp3) is 0.333. The van der Waals surface area contributed by atoms with Gasteiger partial charge in [-0.2, -0.15) is 0 Å². The fourth-order valence-electron chi connectivity index (χ4n) is 2.72. The summed E-state index contributed by atoms with van der Waals surface area (Å²) in [6.07, 6.45) is 3.02. The third-order valence-corrected chi connectivity index (χ3v) is 4.06. The van der Waals surface area contributed by atoms with Gasteiger partial charge in [0.2, 0.25) is 0 Å². The average Bonchev–Trinajstić information content (AvgIpc) is 2.62. The van der Waals surface area contributed by atoms with Gasteiger partial charge in [-0.15, -0.1) is 0 Å². The van der Waals surface area contributed by atoms with Crippen LogP contribution < -0.4 is 0 Å². The van der Waals surface area contributed by atoms with Gasteiger partial charge in [0.15, 0.2) is 0 Å². The number of carbonyl (C=O) groups is 1. The molecule has 1 fully saturated rings. The van der Waals surface area contributed by atoms with Crippen LogP contribution in [0.3, 0.4) is 0 Å². The molecule has 120 valence electrons. The molecule has 23 heavy (non-hydrogen) atoms. The highest BCUT2D eigenvalue weighted by Crippen LogP contribution is 2.21. The molecule has 1 aliphatic heterocycles. The number of aromatic nitrogens is 1. The molecule has 1 amide bonds. The van der Waals surface area contributed by atoms with Gasteiger partial charge in [0.25, 0.3) is 5.91 Å². The van der Waals surface area contributed by atoms with Crippen LogP contribution in [0.1, 0.15) is 17.3 Å². The Morgan fingerprint density at radius 1 is 1.30 bits per heavy atom. The summed E-state index contributed by atoms with van der Waals surface area (Å²) in [7, 11) is 0. The van der Waals surface area contributed by atoms with Crippen LogP contribution in [0.15, 0.2) is 48.8 Å². The van der Waals surface area contributed by atoms with Crippen molar-refractivity contribution < 1.29 is 14.6 Å². The SMILES string of the molecule is C[C@@H]1CO[C@@H](CO)CN1C(=O)c1cncc(-c2ccccc2)c1. The highest BCUT2D eigenvalue weighted by molar-refractivity contribution is 5.95. The summed E-state index contributed by atoms with van der Waals surface area (Å²) in [6, 6.07) is 11.7. The summed E-state index contributed by atoms with van der Waals surface area (Å²) in [6.45, 7) is 2.69. The second-order valence-corrected chi connectivity index (χ2v) is 5.77. The Hall–Kier alpha value is -2.24. The molecule has 0 aliphatic carbocycles. The molecule has 0 saturated carbocycles. The van der Waals surface area contributed by atoms with Crippen molar-refractivity contribution in [2.75, 3.05) is 19.8 Å². The molecule has 1 N–H and O–H groups in total. The molecule has 0 spiro atoms. The maximum Gasteiger partial charge on any atom is 0.255 e. The van der Waals surface area contributed by atoms with Crippen molar-refractivity contribution in [3.8, 4) is 11.1 Å². The molecule has 1 saturated heterocycles. The van der Waals surface area contributed by atoms with E-state index in [4.69, 9.17) is 4.74 Å². The summed E-state index contributed by atoms with van der Waals surface area (Å²) < 4.78 is 5.49. The zero-order valence-electron chi connectivity index (χ0n) is 13.1. The van der Waals surface area contributed by atoms with Crippen molar-refractivity contribution >= 4 is 5.91 Å². The van der Waals surface area contributed by atoms with Crippen LogP contribution in [-0.4, -0.2) is 52.8 Å². The van der Waals surface area contributed by atoms with Gasteiger partial charge in [0.05, 0.1) is 30.9 Å². The number of rotatable bonds is 3. The molecule has 1 aliphatic rings. The van der Waals surface area contributed by atoms with Crippen LogP contribution in [0.5, 0.6) is 0 Å². The van der Waals surface area contributed by atoms with Crippen LogP contribution >= 0.6 is 0 Å². The zero-order valence-corrected chi connectivity index (χ0v) is 13.1. The highest BCUT2D eigenvalue weighted by Gasteiger charge is 2.30. The van der Waals surface area contributed by atoms with E-state index in [1.807, 2.05) is 43.3 Å². The van der Waals surface area contributed by atoms with Crippen LogP contribution in [0.2, 0.25) is 0 Å². The molecule has 2 heterocycles. The van der Waals surface area contributed by atoms with Gasteiger partial charge in [0, 0.05) is 24.5 Å².